The van der Waals surface area contributed by atoms with Crippen molar-refractivity contribution in [1.82, 2.24) is 4.90 Å². The van der Waals surface area contributed by atoms with Gasteiger partial charge in [0.05, 0.1) is 0 Å². The summed E-state index contributed by atoms with van der Waals surface area (Å²) in [5.41, 5.74) is 1.22. The molecule has 0 N–H and O–H groups in total. The van der Waals surface area contributed by atoms with Gasteiger partial charge in [-0.3, -0.25) is 4.90 Å². The summed E-state index contributed by atoms with van der Waals surface area (Å²) in [7, 11) is 0. The monoisotopic (exact) mass is 207 g/mol. The summed E-state index contributed by atoms with van der Waals surface area (Å²) in [6.45, 7) is 5.62. The molecule has 1 unspecified atom stereocenters. The number of benzene rings is 1. The molecule has 1 nitrogen and oxygen atoms in total. The van der Waals surface area contributed by atoms with Crippen LogP contribution in [0.1, 0.15) is 25.3 Å². The van der Waals surface area contributed by atoms with Crippen LogP contribution < -0.4 is 0 Å². The van der Waals surface area contributed by atoms with Crippen LogP contribution in [-0.2, 0) is 6.54 Å². The first-order valence-electron chi connectivity index (χ1n) is 5.74. The van der Waals surface area contributed by atoms with E-state index in [-0.39, 0.29) is 5.82 Å². The van der Waals surface area contributed by atoms with E-state index in [1.54, 1.807) is 12.1 Å². The normalized spacial score (nSPS) is 22.1. The third-order valence-corrected chi connectivity index (χ3v) is 3.27. The smallest absolute Gasteiger partial charge is 0.123 e. The van der Waals surface area contributed by atoms with E-state index in [9.17, 15) is 4.39 Å². The molecule has 0 spiro atoms. The predicted octanol–water partition coefficient (Wildman–Crippen LogP) is 3.06. The SMILES string of the molecule is CCC1CCN(Cc2ccc(F)cc2)C1. The van der Waals surface area contributed by atoms with E-state index in [4.69, 9.17) is 0 Å². The molecule has 1 aromatic rings. The summed E-state index contributed by atoms with van der Waals surface area (Å²) in [5, 5.41) is 0. The van der Waals surface area contributed by atoms with E-state index in [0.717, 1.165) is 12.5 Å². The molecular weight excluding hydrogens is 189 g/mol. The summed E-state index contributed by atoms with van der Waals surface area (Å²) in [5.74, 6) is 0.719. The molecule has 0 aromatic heterocycles. The maximum atomic E-state index is 12.7. The van der Waals surface area contributed by atoms with Crippen LogP contribution in [0.3, 0.4) is 0 Å². The number of nitrogens with zero attached hydrogens (tertiary/aromatic N) is 1. The highest BCUT2D eigenvalue weighted by molar-refractivity contribution is 5.16. The molecule has 0 radical (unpaired) electrons. The van der Waals surface area contributed by atoms with Gasteiger partial charge in [0, 0.05) is 13.1 Å². The van der Waals surface area contributed by atoms with Gasteiger partial charge in [-0.25, -0.2) is 4.39 Å². The van der Waals surface area contributed by atoms with Gasteiger partial charge < -0.3 is 0 Å². The molecular formula is C13H18FN. The summed E-state index contributed by atoms with van der Waals surface area (Å²) >= 11 is 0. The Balaban J connectivity index is 1.90. The van der Waals surface area contributed by atoms with E-state index in [1.165, 1.54) is 31.5 Å². The molecule has 1 atom stereocenters. The van der Waals surface area contributed by atoms with Gasteiger partial charge in [-0.1, -0.05) is 25.5 Å². The minimum atomic E-state index is -0.147. The molecule has 2 heteroatoms. The molecule has 0 aliphatic carbocycles. The Morgan fingerprint density at radius 1 is 1.33 bits per heavy atom. The van der Waals surface area contributed by atoms with Crippen LogP contribution in [-0.4, -0.2) is 18.0 Å². The fourth-order valence-electron chi connectivity index (χ4n) is 2.24. The van der Waals surface area contributed by atoms with Gasteiger partial charge in [-0.05, 0) is 36.6 Å². The van der Waals surface area contributed by atoms with E-state index in [0.29, 0.717) is 0 Å². The highest BCUT2D eigenvalue weighted by atomic mass is 19.1. The summed E-state index contributed by atoms with van der Waals surface area (Å²) in [6.07, 6.45) is 2.59. The van der Waals surface area contributed by atoms with Crippen LogP contribution in [0.2, 0.25) is 0 Å². The first kappa shape index (κ1) is 10.6. The summed E-state index contributed by atoms with van der Waals surface area (Å²) in [6, 6.07) is 6.86. The maximum Gasteiger partial charge on any atom is 0.123 e. The third kappa shape index (κ3) is 2.78. The Bertz CT molecular complexity index is 307. The van der Waals surface area contributed by atoms with Gasteiger partial charge in [0.25, 0.3) is 0 Å². The Morgan fingerprint density at radius 2 is 2.07 bits per heavy atom. The molecule has 1 aromatic carbocycles. The van der Waals surface area contributed by atoms with Crippen molar-refractivity contribution < 1.29 is 4.39 Å². The summed E-state index contributed by atoms with van der Waals surface area (Å²) in [4.78, 5) is 2.46. The second kappa shape index (κ2) is 4.75. The maximum absolute atomic E-state index is 12.7. The van der Waals surface area contributed by atoms with Gasteiger partial charge in [-0.15, -0.1) is 0 Å². The molecule has 2 rings (SSSR count). The standard InChI is InChI=1S/C13H18FN/c1-2-11-7-8-15(9-11)10-12-3-5-13(14)6-4-12/h3-6,11H,2,7-10H2,1H3. The molecule has 1 saturated heterocycles. The van der Waals surface area contributed by atoms with Crippen molar-refractivity contribution >= 4 is 0 Å². The van der Waals surface area contributed by atoms with Crippen LogP contribution in [0.15, 0.2) is 24.3 Å². The number of likely N-dealkylation sites (tertiary alicyclic amines) is 1. The lowest BCUT2D eigenvalue weighted by Gasteiger charge is -2.15. The zero-order valence-corrected chi connectivity index (χ0v) is 9.25. The fraction of sp³-hybridized carbons (Fsp3) is 0.538. The Morgan fingerprint density at radius 3 is 2.67 bits per heavy atom. The molecule has 1 heterocycles. The number of hydrogen-bond donors (Lipinski definition) is 0. The third-order valence-electron chi connectivity index (χ3n) is 3.27. The van der Waals surface area contributed by atoms with Crippen molar-refractivity contribution in [2.45, 2.75) is 26.3 Å². The zero-order chi connectivity index (χ0) is 10.7. The molecule has 0 amide bonds. The quantitative estimate of drug-likeness (QED) is 0.736. The van der Waals surface area contributed by atoms with Crippen LogP contribution in [0.4, 0.5) is 4.39 Å². The molecule has 0 saturated carbocycles. The lowest BCUT2D eigenvalue weighted by Crippen LogP contribution is -2.19. The Labute approximate surface area is 90.9 Å². The van der Waals surface area contributed by atoms with Crippen LogP contribution in [0.25, 0.3) is 0 Å². The van der Waals surface area contributed by atoms with Gasteiger partial charge in [0.15, 0.2) is 0 Å². The molecule has 1 fully saturated rings. The van der Waals surface area contributed by atoms with Crippen molar-refractivity contribution in [3.63, 3.8) is 0 Å². The van der Waals surface area contributed by atoms with Crippen LogP contribution in [0, 0.1) is 11.7 Å². The highest BCUT2D eigenvalue weighted by Gasteiger charge is 2.20. The van der Waals surface area contributed by atoms with Gasteiger partial charge in [0.1, 0.15) is 5.82 Å². The van der Waals surface area contributed by atoms with Crippen molar-refractivity contribution in [3.05, 3.63) is 35.6 Å². The Kier molecular flexibility index (Phi) is 3.37. The van der Waals surface area contributed by atoms with Gasteiger partial charge in [-0.2, -0.15) is 0 Å². The van der Waals surface area contributed by atoms with Crippen molar-refractivity contribution in [2.24, 2.45) is 5.92 Å². The molecule has 0 bridgehead atoms. The van der Waals surface area contributed by atoms with E-state index < -0.39 is 0 Å². The Hall–Kier alpha value is -0.890. The highest BCUT2D eigenvalue weighted by Crippen LogP contribution is 2.20. The average molecular weight is 207 g/mol. The zero-order valence-electron chi connectivity index (χ0n) is 9.25. The number of halogens is 1. The first-order chi connectivity index (χ1) is 7.28. The van der Waals surface area contributed by atoms with Crippen LogP contribution in [0.5, 0.6) is 0 Å². The van der Waals surface area contributed by atoms with Crippen molar-refractivity contribution in [2.75, 3.05) is 13.1 Å². The first-order valence-corrected chi connectivity index (χ1v) is 5.74. The van der Waals surface area contributed by atoms with Gasteiger partial charge >= 0.3 is 0 Å². The minimum Gasteiger partial charge on any atom is -0.299 e. The average Bonchev–Trinajstić information content (AvgIpc) is 2.69. The fourth-order valence-corrected chi connectivity index (χ4v) is 2.24. The second-order valence-corrected chi connectivity index (χ2v) is 4.42. The summed E-state index contributed by atoms with van der Waals surface area (Å²) < 4.78 is 12.7. The van der Waals surface area contributed by atoms with Crippen molar-refractivity contribution in [3.8, 4) is 0 Å². The minimum absolute atomic E-state index is 0.147. The molecule has 82 valence electrons. The van der Waals surface area contributed by atoms with E-state index in [1.807, 2.05) is 12.1 Å². The molecule has 1 aliphatic heterocycles. The van der Waals surface area contributed by atoms with E-state index >= 15 is 0 Å². The predicted molar refractivity (Wildman–Crippen MR) is 60.1 cm³/mol. The van der Waals surface area contributed by atoms with Crippen molar-refractivity contribution in [1.29, 1.82) is 0 Å². The molecule has 15 heavy (non-hydrogen) atoms. The molecule has 1 aliphatic rings. The second-order valence-electron chi connectivity index (χ2n) is 4.42. The van der Waals surface area contributed by atoms with Crippen LogP contribution >= 0.6 is 0 Å². The lowest BCUT2D eigenvalue weighted by molar-refractivity contribution is 0.315. The largest absolute Gasteiger partial charge is 0.299 e. The lowest BCUT2D eigenvalue weighted by atomic mass is 10.1. The van der Waals surface area contributed by atoms with E-state index in [2.05, 4.69) is 11.8 Å². The van der Waals surface area contributed by atoms with Gasteiger partial charge in [0.2, 0.25) is 0 Å². The number of rotatable bonds is 3. The number of hydrogen-bond acceptors (Lipinski definition) is 1. The topological polar surface area (TPSA) is 3.24 Å².